The van der Waals surface area contributed by atoms with E-state index in [1.165, 1.54) is 57.9 Å². The van der Waals surface area contributed by atoms with E-state index in [-0.39, 0.29) is 0 Å². The van der Waals surface area contributed by atoms with Crippen LogP contribution in [0.5, 0.6) is 0 Å². The molecule has 0 heterocycles. The zero-order chi connectivity index (χ0) is 13.1. The lowest BCUT2D eigenvalue weighted by Gasteiger charge is -2.40. The number of hydrogen-bond acceptors (Lipinski definition) is 1. The molecule has 0 aliphatic heterocycles. The van der Waals surface area contributed by atoms with Crippen LogP contribution >= 0.6 is 0 Å². The van der Waals surface area contributed by atoms with Crippen LogP contribution in [0.3, 0.4) is 0 Å². The quantitative estimate of drug-likeness (QED) is 0.728. The molecule has 0 saturated heterocycles. The molecule has 1 heteroatoms. The first-order valence-electron chi connectivity index (χ1n) is 9.10. The fourth-order valence-electron chi connectivity index (χ4n) is 4.85. The van der Waals surface area contributed by atoms with Gasteiger partial charge in [-0.15, -0.1) is 0 Å². The SMILES string of the molecule is CCCC1CCC(CNC2CC2)C(C2CCCC2)C1. The van der Waals surface area contributed by atoms with Gasteiger partial charge in [0, 0.05) is 6.04 Å². The van der Waals surface area contributed by atoms with Gasteiger partial charge in [-0.1, -0.05) is 51.9 Å². The normalized spacial score (nSPS) is 36.8. The average Bonchev–Trinajstić information content (AvgIpc) is 3.10. The Hall–Kier alpha value is -0.0400. The first kappa shape index (κ1) is 13.9. The van der Waals surface area contributed by atoms with E-state index in [9.17, 15) is 0 Å². The van der Waals surface area contributed by atoms with Gasteiger partial charge in [0.1, 0.15) is 0 Å². The summed E-state index contributed by atoms with van der Waals surface area (Å²) >= 11 is 0. The van der Waals surface area contributed by atoms with Crippen LogP contribution in [-0.4, -0.2) is 12.6 Å². The smallest absolute Gasteiger partial charge is 0.00683 e. The fraction of sp³-hybridized carbons (Fsp3) is 1.00. The highest BCUT2D eigenvalue weighted by atomic mass is 14.9. The summed E-state index contributed by atoms with van der Waals surface area (Å²) in [5.74, 6) is 4.23. The van der Waals surface area contributed by atoms with E-state index < -0.39 is 0 Å². The van der Waals surface area contributed by atoms with Gasteiger partial charge < -0.3 is 5.32 Å². The maximum Gasteiger partial charge on any atom is 0.00683 e. The molecule has 3 rings (SSSR count). The van der Waals surface area contributed by atoms with E-state index in [0.717, 1.165) is 29.7 Å². The molecule has 3 aliphatic carbocycles. The second-order valence-electron chi connectivity index (χ2n) is 7.62. The van der Waals surface area contributed by atoms with Crippen molar-refractivity contribution in [2.24, 2.45) is 23.7 Å². The van der Waals surface area contributed by atoms with Gasteiger partial charge in [0.15, 0.2) is 0 Å². The van der Waals surface area contributed by atoms with Crippen LogP contribution in [0.15, 0.2) is 0 Å². The van der Waals surface area contributed by atoms with Gasteiger partial charge in [0.2, 0.25) is 0 Å². The lowest BCUT2D eigenvalue weighted by atomic mass is 9.67. The summed E-state index contributed by atoms with van der Waals surface area (Å²) in [5, 5.41) is 3.83. The Bertz CT molecular complexity index is 265. The minimum atomic E-state index is 0.901. The van der Waals surface area contributed by atoms with E-state index in [1.807, 2.05) is 0 Å². The largest absolute Gasteiger partial charge is 0.314 e. The lowest BCUT2D eigenvalue weighted by molar-refractivity contribution is 0.115. The Morgan fingerprint density at radius 3 is 2.42 bits per heavy atom. The summed E-state index contributed by atoms with van der Waals surface area (Å²) < 4.78 is 0. The monoisotopic (exact) mass is 263 g/mol. The molecular formula is C18H33N. The molecule has 0 aromatic heterocycles. The van der Waals surface area contributed by atoms with Gasteiger partial charge in [-0.25, -0.2) is 0 Å². The van der Waals surface area contributed by atoms with Gasteiger partial charge in [-0.3, -0.25) is 0 Å². The summed E-state index contributed by atoms with van der Waals surface area (Å²) in [5.41, 5.74) is 0. The Balaban J connectivity index is 1.56. The second-order valence-corrected chi connectivity index (χ2v) is 7.62. The highest BCUT2D eigenvalue weighted by Gasteiger charge is 2.36. The maximum absolute atomic E-state index is 3.83. The van der Waals surface area contributed by atoms with Crippen LogP contribution in [0.1, 0.15) is 77.6 Å². The minimum absolute atomic E-state index is 0.901. The molecule has 19 heavy (non-hydrogen) atoms. The van der Waals surface area contributed by atoms with Crippen LogP contribution in [0.2, 0.25) is 0 Å². The van der Waals surface area contributed by atoms with Crippen LogP contribution < -0.4 is 5.32 Å². The molecule has 1 N–H and O–H groups in total. The molecule has 1 nitrogen and oxygen atoms in total. The van der Waals surface area contributed by atoms with Crippen LogP contribution in [-0.2, 0) is 0 Å². The van der Waals surface area contributed by atoms with Crippen LogP contribution in [0, 0.1) is 23.7 Å². The van der Waals surface area contributed by atoms with Gasteiger partial charge in [0.05, 0.1) is 0 Å². The zero-order valence-electron chi connectivity index (χ0n) is 12.9. The molecule has 3 saturated carbocycles. The topological polar surface area (TPSA) is 12.0 Å². The summed E-state index contributed by atoms with van der Waals surface area (Å²) in [6.07, 6.45) is 16.5. The molecule has 3 atom stereocenters. The third kappa shape index (κ3) is 3.74. The van der Waals surface area contributed by atoms with Crippen molar-refractivity contribution >= 4 is 0 Å². The van der Waals surface area contributed by atoms with Crippen molar-refractivity contribution in [2.45, 2.75) is 83.6 Å². The van der Waals surface area contributed by atoms with Crippen molar-refractivity contribution in [1.82, 2.24) is 5.32 Å². The number of nitrogens with one attached hydrogen (secondary N) is 1. The van der Waals surface area contributed by atoms with E-state index in [0.29, 0.717) is 0 Å². The first-order chi connectivity index (χ1) is 9.36. The Morgan fingerprint density at radius 2 is 1.74 bits per heavy atom. The predicted octanol–water partition coefficient (Wildman–Crippen LogP) is 4.76. The van der Waals surface area contributed by atoms with Crippen molar-refractivity contribution in [3.05, 3.63) is 0 Å². The molecule has 0 amide bonds. The molecule has 0 bridgehead atoms. The summed E-state index contributed by atoms with van der Waals surface area (Å²) in [6, 6.07) is 0.901. The summed E-state index contributed by atoms with van der Waals surface area (Å²) in [6.45, 7) is 3.70. The van der Waals surface area contributed by atoms with Gasteiger partial charge >= 0.3 is 0 Å². The van der Waals surface area contributed by atoms with Crippen LogP contribution in [0.4, 0.5) is 0 Å². The van der Waals surface area contributed by atoms with Crippen LogP contribution in [0.25, 0.3) is 0 Å². The highest BCUT2D eigenvalue weighted by Crippen LogP contribution is 2.45. The Morgan fingerprint density at radius 1 is 0.947 bits per heavy atom. The maximum atomic E-state index is 3.83. The molecule has 3 fully saturated rings. The van der Waals surface area contributed by atoms with Crippen molar-refractivity contribution in [3.8, 4) is 0 Å². The second kappa shape index (κ2) is 6.61. The van der Waals surface area contributed by atoms with Crippen molar-refractivity contribution < 1.29 is 0 Å². The molecule has 110 valence electrons. The molecule has 3 aliphatic rings. The van der Waals surface area contributed by atoms with E-state index in [2.05, 4.69) is 12.2 Å². The third-order valence-electron chi connectivity index (χ3n) is 6.11. The number of rotatable bonds is 6. The summed E-state index contributed by atoms with van der Waals surface area (Å²) in [7, 11) is 0. The average molecular weight is 263 g/mol. The number of hydrogen-bond donors (Lipinski definition) is 1. The van der Waals surface area contributed by atoms with Crippen molar-refractivity contribution in [2.75, 3.05) is 6.54 Å². The Kier molecular flexibility index (Phi) is 4.84. The lowest BCUT2D eigenvalue weighted by Crippen LogP contribution is -2.37. The van der Waals surface area contributed by atoms with E-state index in [4.69, 9.17) is 0 Å². The fourth-order valence-corrected chi connectivity index (χ4v) is 4.85. The molecule has 0 spiro atoms. The minimum Gasteiger partial charge on any atom is -0.314 e. The third-order valence-corrected chi connectivity index (χ3v) is 6.11. The molecule has 0 radical (unpaired) electrons. The predicted molar refractivity (Wildman–Crippen MR) is 82.2 cm³/mol. The first-order valence-corrected chi connectivity index (χ1v) is 9.10. The van der Waals surface area contributed by atoms with Gasteiger partial charge in [-0.2, -0.15) is 0 Å². The molecule has 0 aromatic rings. The van der Waals surface area contributed by atoms with Gasteiger partial charge in [-0.05, 0) is 55.9 Å². The molecule has 3 unspecified atom stereocenters. The molecular weight excluding hydrogens is 230 g/mol. The highest BCUT2D eigenvalue weighted by molar-refractivity contribution is 4.89. The van der Waals surface area contributed by atoms with Gasteiger partial charge in [0.25, 0.3) is 0 Å². The molecule has 0 aromatic carbocycles. The zero-order valence-corrected chi connectivity index (χ0v) is 12.9. The van der Waals surface area contributed by atoms with Crippen molar-refractivity contribution in [3.63, 3.8) is 0 Å². The summed E-state index contributed by atoms with van der Waals surface area (Å²) in [4.78, 5) is 0. The standard InChI is InChI=1S/C18H33N/c1-2-5-14-8-9-16(13-19-17-10-11-17)18(12-14)15-6-3-4-7-15/h14-19H,2-13H2,1H3. The van der Waals surface area contributed by atoms with E-state index >= 15 is 0 Å². The Labute approximate surface area is 119 Å². The van der Waals surface area contributed by atoms with Crippen molar-refractivity contribution in [1.29, 1.82) is 0 Å². The van der Waals surface area contributed by atoms with E-state index in [1.54, 1.807) is 19.3 Å².